The molecule has 0 radical (unpaired) electrons. The third-order valence-electron chi connectivity index (χ3n) is 7.17. The predicted molar refractivity (Wildman–Crippen MR) is 208 cm³/mol. The van der Waals surface area contributed by atoms with Gasteiger partial charge in [0.05, 0.1) is 11.4 Å². The van der Waals surface area contributed by atoms with Crippen LogP contribution in [0.25, 0.3) is 18.2 Å². The van der Waals surface area contributed by atoms with Crippen molar-refractivity contribution in [2.75, 3.05) is 16.6 Å². The highest BCUT2D eigenvalue weighted by Gasteiger charge is 2.35. The lowest BCUT2D eigenvalue weighted by Crippen LogP contribution is -2.35. The van der Waals surface area contributed by atoms with Gasteiger partial charge in [-0.15, -0.1) is 0 Å². The van der Waals surface area contributed by atoms with Gasteiger partial charge in [0, 0.05) is 13.2 Å². The van der Waals surface area contributed by atoms with Crippen LogP contribution in [0.1, 0.15) is 16.7 Å². The molecule has 262 valence electrons. The van der Waals surface area contributed by atoms with Gasteiger partial charge in [-0.1, -0.05) is 36.4 Å². The second-order valence-corrected chi connectivity index (χ2v) is 13.3. The Balaban J connectivity index is 0.000000201. The van der Waals surface area contributed by atoms with Crippen LogP contribution in [0, 0.1) is 7.14 Å². The number of hydrazine groups is 2. The number of rotatable bonds is 9. The van der Waals surface area contributed by atoms with Gasteiger partial charge in [-0.25, -0.2) is 19.6 Å². The van der Waals surface area contributed by atoms with Crippen LogP contribution < -0.4 is 25.6 Å². The maximum atomic E-state index is 12.5. The summed E-state index contributed by atoms with van der Waals surface area (Å²) in [6, 6.07) is 27.6. The summed E-state index contributed by atoms with van der Waals surface area (Å²) in [5.74, 6) is -3.53. The second-order valence-electron chi connectivity index (χ2n) is 10.8. The van der Waals surface area contributed by atoms with E-state index in [-0.39, 0.29) is 11.1 Å². The molecule has 6 rings (SSSR count). The number of hydrogen-bond donors (Lipinski definition) is 4. The molecule has 4 amide bonds. The summed E-state index contributed by atoms with van der Waals surface area (Å²) in [4.78, 5) is 70.4. The topological polar surface area (TPSA) is 183 Å². The first-order chi connectivity index (χ1) is 24.9. The Morgan fingerprint density at radius 1 is 0.615 bits per heavy atom. The SMILES string of the molecule is O=C(O)/C=C/c1ccc(C=C2C(=O)NN(c3ccc(I)cc3)C2=O)cc1.O=C(O)COc1ccc(C=C2C(=O)NN(c3ccc(I)cc3)C2=O)cc1. The van der Waals surface area contributed by atoms with E-state index in [9.17, 15) is 28.8 Å². The monoisotopic (exact) mass is 924 g/mol. The number of halogens is 2. The quantitative estimate of drug-likeness (QED) is 0.101. The van der Waals surface area contributed by atoms with E-state index in [0.29, 0.717) is 33.8 Å². The average molecular weight is 924 g/mol. The van der Waals surface area contributed by atoms with E-state index < -0.39 is 42.2 Å². The maximum absolute atomic E-state index is 12.5. The lowest BCUT2D eigenvalue weighted by molar-refractivity contribution is -0.139. The van der Waals surface area contributed by atoms with Gasteiger partial charge >= 0.3 is 11.9 Å². The van der Waals surface area contributed by atoms with E-state index in [1.165, 1.54) is 28.2 Å². The molecule has 0 aliphatic carbocycles. The summed E-state index contributed by atoms with van der Waals surface area (Å²) in [6.07, 6.45) is 5.49. The van der Waals surface area contributed by atoms with E-state index in [0.717, 1.165) is 13.2 Å². The van der Waals surface area contributed by atoms with Crippen LogP contribution in [-0.2, 0) is 28.8 Å². The molecular formula is C37H26I2N4O9. The van der Waals surface area contributed by atoms with Gasteiger partial charge in [0.25, 0.3) is 23.6 Å². The Hall–Kier alpha value is -5.82. The van der Waals surface area contributed by atoms with E-state index >= 15 is 0 Å². The number of carboxylic acid groups (broad SMARTS) is 2. The van der Waals surface area contributed by atoms with Gasteiger partial charge in [0.2, 0.25) is 0 Å². The van der Waals surface area contributed by atoms with Crippen LogP contribution >= 0.6 is 45.2 Å². The number of benzene rings is 4. The van der Waals surface area contributed by atoms with Crippen molar-refractivity contribution in [3.8, 4) is 5.75 Å². The smallest absolute Gasteiger partial charge is 0.341 e. The van der Waals surface area contributed by atoms with E-state index in [4.69, 9.17) is 14.9 Å². The van der Waals surface area contributed by atoms with Gasteiger partial charge in [0.15, 0.2) is 6.61 Å². The number of amides is 4. The maximum Gasteiger partial charge on any atom is 0.341 e. The number of ether oxygens (including phenoxy) is 1. The largest absolute Gasteiger partial charge is 0.482 e. The number of nitrogens with zero attached hydrogens (tertiary/aromatic N) is 2. The van der Waals surface area contributed by atoms with Crippen molar-refractivity contribution in [3.63, 3.8) is 0 Å². The van der Waals surface area contributed by atoms with Crippen LogP contribution in [0.5, 0.6) is 5.75 Å². The molecule has 0 spiro atoms. The molecule has 13 nitrogen and oxygen atoms in total. The van der Waals surface area contributed by atoms with Gasteiger partial charge in [-0.2, -0.15) is 0 Å². The number of anilines is 2. The van der Waals surface area contributed by atoms with Crippen molar-refractivity contribution < 1.29 is 43.7 Å². The number of nitrogens with one attached hydrogen (secondary N) is 2. The van der Waals surface area contributed by atoms with Crippen molar-refractivity contribution in [1.29, 1.82) is 0 Å². The zero-order chi connectivity index (χ0) is 37.4. The highest BCUT2D eigenvalue weighted by atomic mass is 127. The molecule has 4 N–H and O–H groups in total. The Morgan fingerprint density at radius 2 is 1.02 bits per heavy atom. The number of carboxylic acids is 2. The second kappa shape index (κ2) is 16.9. The lowest BCUT2D eigenvalue weighted by Gasteiger charge is -2.14. The van der Waals surface area contributed by atoms with Crippen LogP contribution in [-0.4, -0.2) is 52.4 Å². The third kappa shape index (κ3) is 9.69. The van der Waals surface area contributed by atoms with Crippen LogP contribution in [0.2, 0.25) is 0 Å². The molecule has 0 aromatic heterocycles. The fraction of sp³-hybridized carbons (Fsp3) is 0.0270. The van der Waals surface area contributed by atoms with E-state index in [1.807, 2.05) is 24.3 Å². The molecule has 52 heavy (non-hydrogen) atoms. The van der Waals surface area contributed by atoms with Crippen LogP contribution in [0.15, 0.2) is 114 Å². The highest BCUT2D eigenvalue weighted by molar-refractivity contribution is 14.1. The Labute approximate surface area is 323 Å². The summed E-state index contributed by atoms with van der Waals surface area (Å²) in [5, 5.41) is 19.6. The Morgan fingerprint density at radius 3 is 1.42 bits per heavy atom. The fourth-order valence-electron chi connectivity index (χ4n) is 4.67. The van der Waals surface area contributed by atoms with Gasteiger partial charge in [0.1, 0.15) is 16.9 Å². The van der Waals surface area contributed by atoms with Crippen molar-refractivity contribution in [3.05, 3.63) is 138 Å². The van der Waals surface area contributed by atoms with E-state index in [2.05, 4.69) is 56.0 Å². The summed E-state index contributed by atoms with van der Waals surface area (Å²) in [5.41, 5.74) is 8.30. The molecule has 0 atom stereocenters. The van der Waals surface area contributed by atoms with Crippen molar-refractivity contribution in [2.45, 2.75) is 0 Å². The van der Waals surface area contributed by atoms with E-state index in [1.54, 1.807) is 72.8 Å². The predicted octanol–water partition coefficient (Wildman–Crippen LogP) is 5.07. The summed E-state index contributed by atoms with van der Waals surface area (Å²) in [7, 11) is 0. The fourth-order valence-corrected chi connectivity index (χ4v) is 5.39. The molecule has 15 heteroatoms. The molecule has 2 heterocycles. The van der Waals surface area contributed by atoms with Crippen molar-refractivity contribution in [1.82, 2.24) is 10.9 Å². The summed E-state index contributed by atoms with van der Waals surface area (Å²) < 4.78 is 7.09. The molecule has 0 unspecified atom stereocenters. The first-order valence-corrected chi connectivity index (χ1v) is 17.2. The first-order valence-electron chi connectivity index (χ1n) is 15.1. The molecule has 2 saturated heterocycles. The minimum Gasteiger partial charge on any atom is -0.482 e. The van der Waals surface area contributed by atoms with Crippen LogP contribution in [0.4, 0.5) is 11.4 Å². The molecule has 2 aliphatic rings. The zero-order valence-electron chi connectivity index (χ0n) is 26.7. The third-order valence-corrected chi connectivity index (χ3v) is 8.61. The normalized spacial score (nSPS) is 15.5. The zero-order valence-corrected chi connectivity index (χ0v) is 31.0. The standard InChI is InChI=1S/C19H13IN2O4.C18H13IN2O5/c20-14-6-8-15(9-7-14)22-19(26)16(18(25)21-22)11-13-3-1-12(2-4-13)5-10-17(23)24;19-12-3-5-13(6-4-12)21-18(25)15(17(24)20-21)9-11-1-7-14(8-2-11)26-10-16(22)23/h1-11H,(H,21,25)(H,23,24);1-9H,10H2,(H,20,24)(H,22,23)/b10-5+,16-11?;. The number of hydrogen-bond acceptors (Lipinski definition) is 7. The minimum absolute atomic E-state index is 0.0164. The molecule has 0 bridgehead atoms. The molecule has 4 aromatic rings. The first kappa shape index (κ1) is 37.4. The lowest BCUT2D eigenvalue weighted by atomic mass is 10.1. The molecule has 2 aliphatic heterocycles. The summed E-state index contributed by atoms with van der Waals surface area (Å²) in [6.45, 7) is -0.438. The molecule has 2 fully saturated rings. The number of aliphatic carboxylic acids is 2. The molecular weight excluding hydrogens is 898 g/mol. The number of carbonyl (C=O) groups is 6. The van der Waals surface area contributed by atoms with Crippen molar-refractivity contribution >= 4 is 110 Å². The number of carbonyl (C=O) groups excluding carboxylic acids is 4. The molecule has 0 saturated carbocycles. The van der Waals surface area contributed by atoms with Gasteiger partial charge in [-0.3, -0.25) is 30.0 Å². The average Bonchev–Trinajstić information content (AvgIpc) is 3.57. The van der Waals surface area contributed by atoms with Gasteiger partial charge in [-0.05, 0) is 141 Å². The Kier molecular flexibility index (Phi) is 12.2. The Bertz CT molecular complexity index is 2130. The highest BCUT2D eigenvalue weighted by Crippen LogP contribution is 2.24. The van der Waals surface area contributed by atoms with Crippen LogP contribution in [0.3, 0.4) is 0 Å². The minimum atomic E-state index is -1.07. The summed E-state index contributed by atoms with van der Waals surface area (Å²) >= 11 is 4.32. The van der Waals surface area contributed by atoms with Gasteiger partial charge < -0.3 is 14.9 Å². The van der Waals surface area contributed by atoms with Crippen molar-refractivity contribution in [2.24, 2.45) is 0 Å². The molecule has 4 aromatic carbocycles.